The van der Waals surface area contributed by atoms with Gasteiger partial charge >= 0.3 is 6.03 Å². The van der Waals surface area contributed by atoms with Crippen molar-refractivity contribution in [2.75, 3.05) is 155 Å². The fourth-order valence-electron chi connectivity index (χ4n) is 8.69. The van der Waals surface area contributed by atoms with Crippen molar-refractivity contribution in [1.29, 1.82) is 0 Å². The van der Waals surface area contributed by atoms with Crippen LogP contribution in [0.15, 0.2) is 139 Å². The monoisotopic (exact) mass is 1450 g/mol. The molecule has 6 aromatic carbocycles. The number of aliphatic hydroxyl groups is 8. The molecule has 536 valence electrons. The minimum absolute atomic E-state index is 0.0262. The first-order valence-electron chi connectivity index (χ1n) is 29.3. The van der Waals surface area contributed by atoms with Crippen molar-refractivity contribution in [1.82, 2.24) is 19.6 Å². The van der Waals surface area contributed by atoms with Crippen molar-refractivity contribution in [2.45, 2.75) is 9.79 Å². The maximum Gasteiger partial charge on any atom is 0.323 e. The maximum absolute atomic E-state index is 13.6. The topological polar surface area (TPSA) is 516 Å². The van der Waals surface area contributed by atoms with E-state index in [4.69, 9.17) is 40.9 Å². The summed E-state index contributed by atoms with van der Waals surface area (Å²) in [6.45, 7) is 6.42. The van der Waals surface area contributed by atoms with Crippen molar-refractivity contribution in [3.63, 3.8) is 0 Å². The fourth-order valence-corrected chi connectivity index (χ4v) is 11.0. The summed E-state index contributed by atoms with van der Waals surface area (Å²) in [6.07, 6.45) is 1.93. The van der Waals surface area contributed by atoms with Crippen molar-refractivity contribution >= 4 is 126 Å². The quantitative estimate of drug-likeness (QED) is 0.0270. The van der Waals surface area contributed by atoms with Crippen LogP contribution >= 0.6 is 0 Å². The van der Waals surface area contributed by atoms with Crippen molar-refractivity contribution in [3.05, 3.63) is 141 Å². The van der Waals surface area contributed by atoms with E-state index in [-0.39, 0.29) is 108 Å². The molecule has 0 fully saturated rings. The number of allylic oxidation sites excluding steroid dienone is 2. The Hall–Kier alpha value is -7.97. The number of carbonyl (C=O) groups excluding carboxylic acids is 3. The molecule has 98 heavy (non-hydrogen) atoms. The summed E-state index contributed by atoms with van der Waals surface area (Å²) in [5, 5.41) is 81.5. The molecule has 33 nitrogen and oxygen atoms in total. The number of ketones is 2. The number of hydrazone groups is 2. The van der Waals surface area contributed by atoms with Crippen LogP contribution in [0.2, 0.25) is 0 Å². The van der Waals surface area contributed by atoms with Crippen LogP contribution in [0.4, 0.5) is 27.5 Å². The Morgan fingerprint density at radius 3 is 0.898 bits per heavy atom. The molecule has 0 saturated carbocycles. The second-order valence-electron chi connectivity index (χ2n) is 21.4. The molecule has 0 atom stereocenters. The summed E-state index contributed by atoms with van der Waals surface area (Å²) in [5.41, 5.74) is 4.15. The molecule has 0 saturated heterocycles. The second kappa shape index (κ2) is 39.0. The minimum atomic E-state index is -5.07. The number of anilines is 4. The smallest absolute Gasteiger partial charge is 0.323 e. The van der Waals surface area contributed by atoms with Crippen LogP contribution in [0.25, 0.3) is 33.7 Å². The Labute approximate surface area is 566 Å². The van der Waals surface area contributed by atoms with E-state index in [1.807, 2.05) is 47.8 Å². The molecule has 0 spiro atoms. The third-order valence-corrected chi connectivity index (χ3v) is 17.2. The molecule has 0 radical (unpaired) electrons. The minimum Gasteiger partial charge on any atom is -0.395 e. The predicted molar refractivity (Wildman–Crippen MR) is 370 cm³/mol. The molecule has 2 aliphatic carbocycles. The maximum atomic E-state index is 13.6. The largest absolute Gasteiger partial charge is 0.395 e. The SMILES string of the molecule is CN(CCO)CCO.CN(CCO)CCO.CN(CCO)CCO.CN(CCO)CCO.O=C(Nc1ccc2c(c1)C=C(S(=O)(=O)O)/C(=N/Nc1ccc3cc(S(=O)(=O)O)ccc3c1)C2=O)Nc1ccc2c(c1)C=C(S(=O)(=O)O)/C(=N/Nc1ccc3cc(S(=O)(=O)O)ccc3c1)C2=O. The first-order chi connectivity index (χ1) is 46.1. The number of fused-ring (bicyclic) bond motifs is 4. The normalized spacial score (nSPS) is 13.9. The van der Waals surface area contributed by atoms with Crippen molar-refractivity contribution in [2.24, 2.45) is 10.2 Å². The van der Waals surface area contributed by atoms with E-state index < -0.39 is 79.3 Å². The highest BCUT2D eigenvalue weighted by atomic mass is 32.2. The highest BCUT2D eigenvalue weighted by Crippen LogP contribution is 2.32. The Kier molecular flexibility index (Phi) is 32.8. The molecule has 0 aliphatic heterocycles. The molecule has 16 N–H and O–H groups in total. The molecule has 0 heterocycles. The standard InChI is InChI=1S/C41H28N6O15S4.4C5H13NO2/c48-39-33-11-7-27(15-25(33)19-35(65(57,58)59)37(39)46-44-29-5-1-23-17-31(63(51,52)53)9-3-21(23)13-29)42-41(50)43-28-8-12-34-26(16-28)20-36(66(60,61)62)38(40(34)49)47-45-30-6-2-24-18-32(64(54,55)56)10-4-22(24)14-30;4*1-6(2-4-7)3-5-8/h1-20,44-45H,(H2,42,43,50)(H,51,52,53)(H,54,55,56)(H,57,58,59)(H,60,61,62);4*7-8H,2-5H2,1H3/b46-37-,47-38-;;;;. The lowest BCUT2D eigenvalue weighted by Gasteiger charge is -2.18. The van der Waals surface area contributed by atoms with Crippen molar-refractivity contribution in [3.8, 4) is 0 Å². The summed E-state index contributed by atoms with van der Waals surface area (Å²) < 4.78 is 135. The number of hydrogen-bond acceptors (Lipinski definition) is 27. The highest BCUT2D eigenvalue weighted by molar-refractivity contribution is 7.91. The van der Waals surface area contributed by atoms with Gasteiger partial charge in [-0.1, -0.05) is 24.3 Å². The van der Waals surface area contributed by atoms with Gasteiger partial charge in [0, 0.05) is 74.9 Å². The summed E-state index contributed by atoms with van der Waals surface area (Å²) in [6, 6.07) is 23.2. The number of hydrogen-bond donors (Lipinski definition) is 16. The zero-order valence-electron chi connectivity index (χ0n) is 53.5. The van der Waals surface area contributed by atoms with Gasteiger partial charge in [-0.05, 0) is 158 Å². The van der Waals surface area contributed by atoms with E-state index in [1.54, 1.807) is 0 Å². The van der Waals surface area contributed by atoms with Gasteiger partial charge in [0.05, 0.1) is 74.0 Å². The van der Waals surface area contributed by atoms with Crippen LogP contribution in [0.3, 0.4) is 0 Å². The Balaban J connectivity index is 0.000000524. The van der Waals surface area contributed by atoms with Gasteiger partial charge in [0.2, 0.25) is 11.6 Å². The van der Waals surface area contributed by atoms with E-state index >= 15 is 0 Å². The molecular weight excluding hydrogens is 1370 g/mol. The molecule has 6 aromatic rings. The van der Waals surface area contributed by atoms with E-state index in [1.165, 1.54) is 109 Å². The average molecular weight is 1450 g/mol. The summed E-state index contributed by atoms with van der Waals surface area (Å²) in [4.78, 5) is 45.3. The van der Waals surface area contributed by atoms with Crippen molar-refractivity contribution < 1.29 is 107 Å². The number of aliphatic hydroxyl groups excluding tert-OH is 8. The van der Waals surface area contributed by atoms with E-state index in [9.17, 15) is 66.3 Å². The number of benzene rings is 6. The van der Waals surface area contributed by atoms with E-state index in [0.717, 1.165) is 12.2 Å². The molecular formula is C61H80N10O23S4. The number of rotatable bonds is 26. The van der Waals surface area contributed by atoms with Crippen LogP contribution < -0.4 is 21.5 Å². The zero-order valence-corrected chi connectivity index (χ0v) is 56.8. The lowest BCUT2D eigenvalue weighted by Crippen LogP contribution is -2.27. The Bertz CT molecular complexity index is 4020. The zero-order chi connectivity index (χ0) is 73.1. The van der Waals surface area contributed by atoms with E-state index in [2.05, 4.69) is 31.7 Å². The number of amides is 2. The van der Waals surface area contributed by atoms with Crippen LogP contribution in [-0.2, 0) is 40.5 Å². The third kappa shape index (κ3) is 26.0. The Morgan fingerprint density at radius 1 is 0.367 bits per heavy atom. The highest BCUT2D eigenvalue weighted by Gasteiger charge is 2.35. The van der Waals surface area contributed by atoms with Crippen LogP contribution in [-0.4, -0.2) is 275 Å². The molecule has 0 bridgehead atoms. The fraction of sp³-hybridized carbons (Fsp3) is 0.328. The second-order valence-corrected chi connectivity index (χ2v) is 27.0. The van der Waals surface area contributed by atoms with Gasteiger partial charge in [-0.25, -0.2) is 4.79 Å². The third-order valence-electron chi connectivity index (χ3n) is 13.8. The van der Waals surface area contributed by atoms with Crippen LogP contribution in [0.1, 0.15) is 31.8 Å². The number of carbonyl (C=O) groups is 3. The summed E-state index contributed by atoms with van der Waals surface area (Å²) >= 11 is 0. The first kappa shape index (κ1) is 82.5. The molecule has 0 unspecified atom stereocenters. The number of nitrogens with one attached hydrogen (secondary N) is 4. The average Bonchev–Trinajstić information content (AvgIpc) is 0.777. The molecule has 2 amide bonds. The van der Waals surface area contributed by atoms with Gasteiger partial charge in [-0.3, -0.25) is 38.7 Å². The Morgan fingerprint density at radius 2 is 0.633 bits per heavy atom. The predicted octanol–water partition coefficient (Wildman–Crippen LogP) is 1.53. The van der Waals surface area contributed by atoms with Gasteiger partial charge < -0.3 is 71.1 Å². The van der Waals surface area contributed by atoms with Gasteiger partial charge in [0.1, 0.15) is 9.81 Å². The lowest BCUT2D eigenvalue weighted by molar-refractivity contribution is 0.105. The van der Waals surface area contributed by atoms with E-state index in [0.29, 0.717) is 73.9 Å². The summed E-state index contributed by atoms with van der Waals surface area (Å²) in [7, 11) is -11.6. The van der Waals surface area contributed by atoms with Crippen LogP contribution in [0.5, 0.6) is 0 Å². The number of nitrogens with zero attached hydrogens (tertiary/aromatic N) is 6. The molecule has 0 aromatic heterocycles. The van der Waals surface area contributed by atoms with Crippen LogP contribution in [0, 0.1) is 0 Å². The number of urea groups is 1. The molecule has 37 heteroatoms. The van der Waals surface area contributed by atoms with Gasteiger partial charge in [0.15, 0.2) is 11.4 Å². The van der Waals surface area contributed by atoms with Gasteiger partial charge in [-0.2, -0.15) is 43.9 Å². The van der Waals surface area contributed by atoms with Gasteiger partial charge in [0.25, 0.3) is 40.5 Å². The van der Waals surface area contributed by atoms with Gasteiger partial charge in [-0.15, -0.1) is 0 Å². The first-order valence-corrected chi connectivity index (χ1v) is 35.1. The number of likely N-dealkylation sites (N-methyl/N-ethyl adjacent to an activating group) is 4. The summed E-state index contributed by atoms with van der Waals surface area (Å²) in [5.74, 6) is -1.83. The molecule has 8 rings (SSSR count). The lowest BCUT2D eigenvalue weighted by atomic mass is 9.94. The number of Topliss-reactive ketones (excluding diaryl/α,β-unsaturated/α-hetero) is 2. The molecule has 2 aliphatic rings.